The minimum atomic E-state index is -1.29. The monoisotopic (exact) mass is 250 g/mol. The molecule has 2 aromatic heterocycles. The van der Waals surface area contributed by atoms with Gasteiger partial charge in [-0.25, -0.2) is 9.18 Å². The maximum Gasteiger partial charge on any atom is 0.371 e. The van der Waals surface area contributed by atoms with Gasteiger partial charge in [0.1, 0.15) is 0 Å². The second kappa shape index (κ2) is 4.66. The molecule has 2 aromatic rings. The van der Waals surface area contributed by atoms with Gasteiger partial charge in [0.15, 0.2) is 11.6 Å². The second-order valence-electron chi connectivity index (χ2n) is 3.28. The molecule has 0 aliphatic heterocycles. The van der Waals surface area contributed by atoms with E-state index in [0.29, 0.717) is 0 Å². The summed E-state index contributed by atoms with van der Waals surface area (Å²) in [6, 6.07) is 3.60. The third kappa shape index (κ3) is 2.34. The molecule has 2 rings (SSSR count). The van der Waals surface area contributed by atoms with Crippen molar-refractivity contribution in [1.29, 1.82) is 0 Å². The lowest BCUT2D eigenvalue weighted by atomic mass is 10.3. The summed E-state index contributed by atoms with van der Waals surface area (Å²) in [5.74, 6) is -3.31. The first kappa shape index (κ1) is 11.8. The number of halogens is 1. The number of pyridine rings is 1. The minimum Gasteiger partial charge on any atom is -0.475 e. The first-order valence-electron chi connectivity index (χ1n) is 4.82. The summed E-state index contributed by atoms with van der Waals surface area (Å²) in [7, 11) is 0. The first-order chi connectivity index (χ1) is 8.58. The smallest absolute Gasteiger partial charge is 0.371 e. The van der Waals surface area contributed by atoms with E-state index in [9.17, 15) is 14.0 Å². The van der Waals surface area contributed by atoms with Crippen LogP contribution in [0.1, 0.15) is 21.1 Å². The molecule has 18 heavy (non-hydrogen) atoms. The molecule has 0 radical (unpaired) electrons. The van der Waals surface area contributed by atoms with Gasteiger partial charge in [-0.05, 0) is 18.2 Å². The van der Waals surface area contributed by atoms with Crippen LogP contribution in [0.3, 0.4) is 0 Å². The van der Waals surface area contributed by atoms with Crippen molar-refractivity contribution in [3.8, 4) is 0 Å². The molecule has 0 saturated carbocycles. The average Bonchev–Trinajstić information content (AvgIpc) is 2.81. The topological polar surface area (TPSA) is 92.4 Å². The number of carboxylic acid groups (broad SMARTS) is 1. The van der Waals surface area contributed by atoms with Crippen LogP contribution in [-0.4, -0.2) is 22.0 Å². The molecule has 6 nitrogen and oxygen atoms in total. The van der Waals surface area contributed by atoms with Crippen LogP contribution in [0, 0.1) is 5.82 Å². The molecule has 2 heterocycles. The quantitative estimate of drug-likeness (QED) is 0.865. The molecule has 0 aliphatic rings. The zero-order chi connectivity index (χ0) is 13.1. The number of carbonyl (C=O) groups excluding carboxylic acids is 1. The lowest BCUT2D eigenvalue weighted by Crippen LogP contribution is -2.12. The fourth-order valence-corrected chi connectivity index (χ4v) is 1.24. The number of nitrogens with one attached hydrogen (secondary N) is 1. The molecule has 0 atom stereocenters. The van der Waals surface area contributed by atoms with Crippen molar-refractivity contribution in [2.45, 2.75) is 0 Å². The summed E-state index contributed by atoms with van der Waals surface area (Å²) in [6.07, 6.45) is 2.25. The zero-order valence-corrected chi connectivity index (χ0v) is 8.88. The maximum absolute atomic E-state index is 13.2. The predicted octanol–water partition coefficient (Wildman–Crippen LogP) is 1.76. The SMILES string of the molecule is O=C(O)c1ccc(C(=O)Nc2ccncc2F)o1. The summed E-state index contributed by atoms with van der Waals surface area (Å²) >= 11 is 0. The van der Waals surface area contributed by atoms with Crippen LogP contribution in [0.4, 0.5) is 10.1 Å². The number of carbonyl (C=O) groups is 2. The van der Waals surface area contributed by atoms with Crippen molar-refractivity contribution >= 4 is 17.6 Å². The minimum absolute atomic E-state index is 0.0664. The Balaban J connectivity index is 2.17. The van der Waals surface area contributed by atoms with Crippen LogP contribution < -0.4 is 5.32 Å². The van der Waals surface area contributed by atoms with E-state index < -0.39 is 17.7 Å². The highest BCUT2D eigenvalue weighted by atomic mass is 19.1. The number of hydrogen-bond acceptors (Lipinski definition) is 4. The Morgan fingerprint density at radius 2 is 2.00 bits per heavy atom. The molecule has 7 heteroatoms. The van der Waals surface area contributed by atoms with E-state index in [-0.39, 0.29) is 17.2 Å². The summed E-state index contributed by atoms with van der Waals surface area (Å²) in [5, 5.41) is 10.9. The average molecular weight is 250 g/mol. The Morgan fingerprint density at radius 3 is 2.61 bits per heavy atom. The van der Waals surface area contributed by atoms with Gasteiger partial charge < -0.3 is 14.8 Å². The highest BCUT2D eigenvalue weighted by Crippen LogP contribution is 2.14. The van der Waals surface area contributed by atoms with Crippen molar-refractivity contribution in [1.82, 2.24) is 4.98 Å². The summed E-state index contributed by atoms with van der Waals surface area (Å²) in [5.41, 5.74) is -0.0664. The van der Waals surface area contributed by atoms with E-state index in [1.807, 2.05) is 0 Å². The van der Waals surface area contributed by atoms with Gasteiger partial charge in [0.05, 0.1) is 11.9 Å². The van der Waals surface area contributed by atoms with Crippen LogP contribution in [0.5, 0.6) is 0 Å². The molecule has 0 unspecified atom stereocenters. The molecule has 0 aliphatic carbocycles. The van der Waals surface area contributed by atoms with Crippen LogP contribution in [0.15, 0.2) is 35.0 Å². The number of aromatic carboxylic acids is 1. The molecule has 0 aromatic carbocycles. The van der Waals surface area contributed by atoms with Gasteiger partial charge in [-0.2, -0.15) is 0 Å². The Bertz CT molecular complexity index is 609. The number of hydrogen-bond donors (Lipinski definition) is 2. The molecule has 0 spiro atoms. The molecule has 0 saturated heterocycles. The van der Waals surface area contributed by atoms with Crippen molar-refractivity contribution in [2.24, 2.45) is 0 Å². The molecule has 0 fully saturated rings. The lowest BCUT2D eigenvalue weighted by molar-refractivity contribution is 0.0660. The van der Waals surface area contributed by atoms with Gasteiger partial charge >= 0.3 is 5.97 Å². The number of anilines is 1. The lowest BCUT2D eigenvalue weighted by Gasteiger charge is -2.03. The van der Waals surface area contributed by atoms with Gasteiger partial charge in [0.25, 0.3) is 5.91 Å². The summed E-state index contributed by atoms with van der Waals surface area (Å²) in [6.45, 7) is 0. The van der Waals surface area contributed by atoms with Crippen molar-refractivity contribution in [2.75, 3.05) is 5.32 Å². The molecule has 0 bridgehead atoms. The van der Waals surface area contributed by atoms with E-state index in [1.165, 1.54) is 18.3 Å². The van der Waals surface area contributed by atoms with Crippen LogP contribution in [0.25, 0.3) is 0 Å². The van der Waals surface area contributed by atoms with Gasteiger partial charge in [-0.3, -0.25) is 9.78 Å². The normalized spacial score (nSPS) is 10.1. The molecular formula is C11H7FN2O4. The van der Waals surface area contributed by atoms with E-state index in [1.54, 1.807) is 0 Å². The first-order valence-corrected chi connectivity index (χ1v) is 4.82. The van der Waals surface area contributed by atoms with Crippen LogP contribution >= 0.6 is 0 Å². The molecule has 2 N–H and O–H groups in total. The Hall–Kier alpha value is -2.70. The van der Waals surface area contributed by atoms with Gasteiger partial charge in [-0.1, -0.05) is 0 Å². The van der Waals surface area contributed by atoms with E-state index in [2.05, 4.69) is 10.3 Å². The highest BCUT2D eigenvalue weighted by Gasteiger charge is 2.16. The largest absolute Gasteiger partial charge is 0.475 e. The summed E-state index contributed by atoms with van der Waals surface area (Å²) < 4.78 is 18.0. The second-order valence-corrected chi connectivity index (χ2v) is 3.28. The van der Waals surface area contributed by atoms with E-state index >= 15 is 0 Å². The number of amides is 1. The fourth-order valence-electron chi connectivity index (χ4n) is 1.24. The highest BCUT2D eigenvalue weighted by molar-refractivity contribution is 6.02. The number of aromatic nitrogens is 1. The third-order valence-corrected chi connectivity index (χ3v) is 2.06. The molecule has 92 valence electrons. The van der Waals surface area contributed by atoms with Crippen molar-refractivity contribution < 1.29 is 23.5 Å². The fraction of sp³-hybridized carbons (Fsp3) is 0. The number of carboxylic acids is 1. The standard InChI is InChI=1S/C11H7FN2O4/c12-6-5-13-4-3-7(6)14-10(15)8-1-2-9(18-8)11(16)17/h1-5H,(H,16,17)(H,13,14,15). The summed E-state index contributed by atoms with van der Waals surface area (Å²) in [4.78, 5) is 25.7. The molecular weight excluding hydrogens is 243 g/mol. The Kier molecular flexibility index (Phi) is 3.05. The van der Waals surface area contributed by atoms with E-state index in [0.717, 1.165) is 12.3 Å². The van der Waals surface area contributed by atoms with Crippen LogP contribution in [0.2, 0.25) is 0 Å². The van der Waals surface area contributed by atoms with E-state index in [4.69, 9.17) is 9.52 Å². The number of furan rings is 1. The van der Waals surface area contributed by atoms with Crippen molar-refractivity contribution in [3.05, 3.63) is 47.9 Å². The van der Waals surface area contributed by atoms with Crippen molar-refractivity contribution in [3.63, 3.8) is 0 Å². The van der Waals surface area contributed by atoms with Gasteiger partial charge in [0.2, 0.25) is 5.76 Å². The third-order valence-electron chi connectivity index (χ3n) is 2.06. The number of nitrogens with zero attached hydrogens (tertiary/aromatic N) is 1. The zero-order valence-electron chi connectivity index (χ0n) is 8.88. The maximum atomic E-state index is 13.2. The molecule has 1 amide bonds. The predicted molar refractivity (Wildman–Crippen MR) is 57.8 cm³/mol. The van der Waals surface area contributed by atoms with Gasteiger partial charge in [0, 0.05) is 6.20 Å². The Labute approximate surface area is 100 Å². The van der Waals surface area contributed by atoms with Crippen LogP contribution in [-0.2, 0) is 0 Å². The number of rotatable bonds is 3. The Morgan fingerprint density at radius 1 is 1.28 bits per heavy atom. The van der Waals surface area contributed by atoms with Gasteiger partial charge in [-0.15, -0.1) is 0 Å².